The van der Waals surface area contributed by atoms with Crippen molar-refractivity contribution in [2.45, 2.75) is 26.0 Å². The van der Waals surface area contributed by atoms with Crippen LogP contribution in [0.25, 0.3) is 0 Å². The highest BCUT2D eigenvalue weighted by Gasteiger charge is 2.15. The third-order valence-electron chi connectivity index (χ3n) is 2.88. The first-order chi connectivity index (χ1) is 10.0. The lowest BCUT2D eigenvalue weighted by molar-refractivity contribution is 0.241. The van der Waals surface area contributed by atoms with E-state index in [-0.39, 0.29) is 17.2 Å². The standard InChI is InChI=1S/C15H17ClFN3O/c1-9(2)21-12-5-11(7-19-8-12)15(20-18)10-3-4-14(17)13(16)6-10/h3-9,15,20H,18H2,1-2H3. The van der Waals surface area contributed by atoms with Crippen molar-refractivity contribution in [2.75, 3.05) is 0 Å². The Balaban J connectivity index is 2.34. The fraction of sp³-hybridized carbons (Fsp3) is 0.267. The summed E-state index contributed by atoms with van der Waals surface area (Å²) in [6.07, 6.45) is 3.36. The van der Waals surface area contributed by atoms with Crippen LogP contribution in [0.1, 0.15) is 31.0 Å². The van der Waals surface area contributed by atoms with Gasteiger partial charge in [0, 0.05) is 6.20 Å². The molecule has 0 saturated carbocycles. The number of benzene rings is 1. The Bertz CT molecular complexity index is 622. The lowest BCUT2D eigenvalue weighted by Crippen LogP contribution is -2.29. The average molecular weight is 310 g/mol. The van der Waals surface area contributed by atoms with Gasteiger partial charge in [-0.15, -0.1) is 0 Å². The maximum Gasteiger partial charge on any atom is 0.141 e. The predicted octanol–water partition coefficient (Wildman–Crippen LogP) is 3.21. The van der Waals surface area contributed by atoms with Crippen molar-refractivity contribution in [1.82, 2.24) is 10.4 Å². The largest absolute Gasteiger partial charge is 0.489 e. The minimum Gasteiger partial charge on any atom is -0.489 e. The molecule has 0 fully saturated rings. The summed E-state index contributed by atoms with van der Waals surface area (Å²) in [7, 11) is 0. The van der Waals surface area contributed by atoms with Crippen molar-refractivity contribution in [3.8, 4) is 5.75 Å². The quantitative estimate of drug-likeness (QED) is 0.657. The molecule has 1 atom stereocenters. The molecule has 3 N–H and O–H groups in total. The number of ether oxygens (including phenoxy) is 1. The molecule has 1 heterocycles. The van der Waals surface area contributed by atoms with E-state index in [0.717, 1.165) is 11.1 Å². The number of aromatic nitrogens is 1. The van der Waals surface area contributed by atoms with Gasteiger partial charge in [0.05, 0.1) is 23.4 Å². The molecule has 0 radical (unpaired) electrons. The first-order valence-electron chi connectivity index (χ1n) is 6.54. The number of nitrogens with zero attached hydrogens (tertiary/aromatic N) is 1. The normalized spacial score (nSPS) is 12.5. The fourth-order valence-corrected chi connectivity index (χ4v) is 2.20. The molecule has 1 unspecified atom stereocenters. The highest BCUT2D eigenvalue weighted by Crippen LogP contribution is 2.27. The molecular formula is C15H17ClFN3O. The van der Waals surface area contributed by atoms with E-state index >= 15 is 0 Å². The van der Waals surface area contributed by atoms with Crippen LogP contribution < -0.4 is 16.0 Å². The molecule has 0 spiro atoms. The topological polar surface area (TPSA) is 60.2 Å². The monoisotopic (exact) mass is 309 g/mol. The molecule has 0 saturated heterocycles. The number of nitrogens with one attached hydrogen (secondary N) is 1. The van der Waals surface area contributed by atoms with Gasteiger partial charge in [0.1, 0.15) is 11.6 Å². The van der Waals surface area contributed by atoms with Crippen molar-refractivity contribution in [3.63, 3.8) is 0 Å². The summed E-state index contributed by atoms with van der Waals surface area (Å²) < 4.78 is 18.9. The molecule has 0 amide bonds. The molecule has 4 nitrogen and oxygen atoms in total. The van der Waals surface area contributed by atoms with Crippen LogP contribution in [0.15, 0.2) is 36.7 Å². The van der Waals surface area contributed by atoms with Crippen molar-refractivity contribution >= 4 is 11.6 Å². The number of rotatable bonds is 5. The molecule has 0 aliphatic carbocycles. The molecule has 2 aromatic rings. The minimum atomic E-state index is -0.466. The molecule has 1 aromatic heterocycles. The van der Waals surface area contributed by atoms with E-state index in [1.165, 1.54) is 12.1 Å². The zero-order chi connectivity index (χ0) is 15.4. The van der Waals surface area contributed by atoms with Gasteiger partial charge in [-0.25, -0.2) is 9.82 Å². The van der Waals surface area contributed by atoms with Gasteiger partial charge in [-0.1, -0.05) is 17.7 Å². The highest BCUT2D eigenvalue weighted by molar-refractivity contribution is 6.30. The van der Waals surface area contributed by atoms with E-state index in [0.29, 0.717) is 5.75 Å². The van der Waals surface area contributed by atoms with Gasteiger partial charge in [0.15, 0.2) is 0 Å². The molecule has 0 aliphatic heterocycles. The Morgan fingerprint density at radius 2 is 2.00 bits per heavy atom. The first-order valence-corrected chi connectivity index (χ1v) is 6.91. The van der Waals surface area contributed by atoms with E-state index in [2.05, 4.69) is 10.4 Å². The second-order valence-corrected chi connectivity index (χ2v) is 5.30. The number of hydrogen-bond acceptors (Lipinski definition) is 4. The Kier molecular flexibility index (Phi) is 5.12. The van der Waals surface area contributed by atoms with E-state index < -0.39 is 5.82 Å². The number of hydrazine groups is 1. The number of halogens is 2. The smallest absolute Gasteiger partial charge is 0.141 e. The van der Waals surface area contributed by atoms with Crippen LogP contribution in [0, 0.1) is 5.82 Å². The van der Waals surface area contributed by atoms with Crippen LogP contribution in [-0.4, -0.2) is 11.1 Å². The Morgan fingerprint density at radius 3 is 2.62 bits per heavy atom. The second kappa shape index (κ2) is 6.85. The number of nitrogens with two attached hydrogens (primary N) is 1. The first kappa shape index (κ1) is 15.7. The van der Waals surface area contributed by atoms with Crippen molar-refractivity contribution in [3.05, 3.63) is 58.6 Å². The van der Waals surface area contributed by atoms with Gasteiger partial charge < -0.3 is 4.74 Å². The lowest BCUT2D eigenvalue weighted by Gasteiger charge is -2.18. The molecule has 0 bridgehead atoms. The van der Waals surface area contributed by atoms with Crippen molar-refractivity contribution in [1.29, 1.82) is 0 Å². The highest BCUT2D eigenvalue weighted by atomic mass is 35.5. The summed E-state index contributed by atoms with van der Waals surface area (Å²) in [5.74, 6) is 5.80. The maximum absolute atomic E-state index is 13.3. The molecule has 0 aliphatic rings. The molecule has 1 aromatic carbocycles. The van der Waals surface area contributed by atoms with E-state index in [4.69, 9.17) is 22.2 Å². The van der Waals surface area contributed by atoms with Crippen molar-refractivity contribution < 1.29 is 9.13 Å². The summed E-state index contributed by atoms with van der Waals surface area (Å²) in [4.78, 5) is 4.14. The van der Waals surface area contributed by atoms with Crippen LogP contribution in [0.2, 0.25) is 5.02 Å². The summed E-state index contributed by atoms with van der Waals surface area (Å²) in [5, 5.41) is 0.0512. The third-order valence-corrected chi connectivity index (χ3v) is 3.17. The fourth-order valence-electron chi connectivity index (χ4n) is 2.01. The van der Waals surface area contributed by atoms with Gasteiger partial charge in [-0.05, 0) is 43.2 Å². The summed E-state index contributed by atoms with van der Waals surface area (Å²) in [6.45, 7) is 3.87. The van der Waals surface area contributed by atoms with E-state index in [1.54, 1.807) is 18.5 Å². The minimum absolute atomic E-state index is 0.0478. The van der Waals surface area contributed by atoms with Gasteiger partial charge in [0.25, 0.3) is 0 Å². The van der Waals surface area contributed by atoms with Gasteiger partial charge in [-0.3, -0.25) is 10.8 Å². The average Bonchev–Trinajstić information content (AvgIpc) is 2.43. The zero-order valence-electron chi connectivity index (χ0n) is 11.8. The Morgan fingerprint density at radius 1 is 1.24 bits per heavy atom. The maximum atomic E-state index is 13.3. The number of hydrogen-bond donors (Lipinski definition) is 2. The molecular weight excluding hydrogens is 293 g/mol. The van der Waals surface area contributed by atoms with E-state index in [9.17, 15) is 4.39 Å². The third kappa shape index (κ3) is 3.91. The van der Waals surface area contributed by atoms with Crippen LogP contribution in [-0.2, 0) is 0 Å². The van der Waals surface area contributed by atoms with E-state index in [1.807, 2.05) is 19.9 Å². The Labute approximate surface area is 128 Å². The molecule has 21 heavy (non-hydrogen) atoms. The summed E-state index contributed by atoms with van der Waals surface area (Å²) >= 11 is 5.82. The SMILES string of the molecule is CC(C)Oc1cncc(C(NN)c2ccc(F)c(Cl)c2)c1. The van der Waals surface area contributed by atoms with Crippen LogP contribution in [0.3, 0.4) is 0 Å². The zero-order valence-corrected chi connectivity index (χ0v) is 12.6. The number of pyridine rings is 1. The van der Waals surface area contributed by atoms with Gasteiger partial charge in [-0.2, -0.15) is 0 Å². The Hall–Kier alpha value is -1.69. The van der Waals surface area contributed by atoms with Crippen LogP contribution >= 0.6 is 11.6 Å². The molecule has 2 rings (SSSR count). The van der Waals surface area contributed by atoms with Crippen LogP contribution in [0.5, 0.6) is 5.75 Å². The summed E-state index contributed by atoms with van der Waals surface area (Å²) in [5.41, 5.74) is 4.23. The van der Waals surface area contributed by atoms with Crippen LogP contribution in [0.4, 0.5) is 4.39 Å². The van der Waals surface area contributed by atoms with Crippen molar-refractivity contribution in [2.24, 2.45) is 5.84 Å². The molecule has 112 valence electrons. The van der Waals surface area contributed by atoms with Gasteiger partial charge >= 0.3 is 0 Å². The molecule has 6 heteroatoms. The summed E-state index contributed by atoms with van der Waals surface area (Å²) in [6, 6.07) is 5.96. The van der Waals surface area contributed by atoms with Gasteiger partial charge in [0.2, 0.25) is 0 Å². The lowest BCUT2D eigenvalue weighted by atomic mass is 10.0. The second-order valence-electron chi connectivity index (χ2n) is 4.89. The predicted molar refractivity (Wildman–Crippen MR) is 80.6 cm³/mol.